The first-order chi connectivity index (χ1) is 6.87. The highest BCUT2D eigenvalue weighted by Crippen LogP contribution is 2.14. The van der Waals surface area contributed by atoms with Crippen LogP contribution in [0.25, 0.3) is 0 Å². The van der Waals surface area contributed by atoms with Gasteiger partial charge < -0.3 is 10.4 Å². The maximum Gasteiger partial charge on any atom is 0.485 e. The summed E-state index contributed by atoms with van der Waals surface area (Å²) in [5.74, 6) is -0.0446. The Kier molecular flexibility index (Phi) is 3.03. The van der Waals surface area contributed by atoms with Gasteiger partial charge in [0.1, 0.15) is 5.75 Å². The number of carbonyl (C=O) groups is 1. The molecule has 0 saturated carbocycles. The fourth-order valence-corrected chi connectivity index (χ4v) is 0.836. The summed E-state index contributed by atoms with van der Waals surface area (Å²) in [5.41, 5.74) is 0.148. The summed E-state index contributed by atoms with van der Waals surface area (Å²) in [6, 6.07) is 3.64. The number of carbonyl (C=O) groups excluding carboxylic acids is 1. The molecule has 7 heteroatoms. The number of hydrogen-bond donors (Lipinski definition) is 3. The third-order valence-electron chi connectivity index (χ3n) is 1.38. The third-order valence-corrected chi connectivity index (χ3v) is 1.38. The van der Waals surface area contributed by atoms with E-state index in [-0.39, 0.29) is 11.4 Å². The van der Waals surface area contributed by atoms with Crippen LogP contribution in [0.15, 0.2) is 24.3 Å². The highest BCUT2D eigenvalue weighted by atomic mass is 19.4. The molecule has 1 aromatic rings. The molecule has 3 N–H and O–H groups in total. The Morgan fingerprint density at radius 2 is 1.73 bits per heavy atom. The molecular weight excluding hydrogens is 213 g/mol. The first-order valence-corrected chi connectivity index (χ1v) is 3.82. The van der Waals surface area contributed by atoms with Crippen molar-refractivity contribution in [1.82, 2.24) is 5.32 Å². The largest absolute Gasteiger partial charge is 0.508 e. The normalized spacial score (nSPS) is 10.9. The number of hydrogen-bond acceptors (Lipinski definition) is 2. The smallest absolute Gasteiger partial charge is 0.485 e. The van der Waals surface area contributed by atoms with E-state index < -0.39 is 12.3 Å². The monoisotopic (exact) mass is 220 g/mol. The Labute approximate surface area is 82.7 Å². The minimum Gasteiger partial charge on any atom is -0.508 e. The number of phenols is 1. The van der Waals surface area contributed by atoms with E-state index in [9.17, 15) is 18.0 Å². The van der Waals surface area contributed by atoms with Crippen LogP contribution in [0.4, 0.5) is 23.7 Å². The second-order valence-electron chi connectivity index (χ2n) is 2.62. The molecule has 0 saturated heterocycles. The lowest BCUT2D eigenvalue weighted by Crippen LogP contribution is -2.40. The second kappa shape index (κ2) is 4.07. The average Bonchev–Trinajstić information content (AvgIpc) is 2.05. The number of halogens is 3. The van der Waals surface area contributed by atoms with Gasteiger partial charge in [-0.3, -0.25) is 0 Å². The summed E-state index contributed by atoms with van der Waals surface area (Å²) >= 11 is 0. The van der Waals surface area contributed by atoms with E-state index in [4.69, 9.17) is 5.11 Å². The van der Waals surface area contributed by atoms with Crippen LogP contribution in [0.5, 0.6) is 5.75 Å². The summed E-state index contributed by atoms with van der Waals surface area (Å²) in [5, 5.41) is 11.6. The molecule has 0 bridgehead atoms. The number of urea groups is 1. The van der Waals surface area contributed by atoms with E-state index in [1.807, 2.05) is 5.32 Å². The van der Waals surface area contributed by atoms with Crippen LogP contribution in [0, 0.1) is 0 Å². The van der Waals surface area contributed by atoms with Gasteiger partial charge in [-0.15, -0.1) is 0 Å². The fourth-order valence-electron chi connectivity index (χ4n) is 0.836. The predicted molar refractivity (Wildman–Crippen MR) is 46.3 cm³/mol. The van der Waals surface area contributed by atoms with Crippen molar-refractivity contribution in [3.8, 4) is 5.75 Å². The molecule has 1 rings (SSSR count). The Morgan fingerprint density at radius 1 is 1.20 bits per heavy atom. The molecule has 0 heterocycles. The van der Waals surface area contributed by atoms with Crippen molar-refractivity contribution in [3.05, 3.63) is 24.3 Å². The van der Waals surface area contributed by atoms with Gasteiger partial charge in [0, 0.05) is 5.69 Å². The molecule has 0 unspecified atom stereocenters. The molecular formula is C8H7F3N2O2. The zero-order chi connectivity index (χ0) is 11.5. The van der Waals surface area contributed by atoms with E-state index in [2.05, 4.69) is 0 Å². The SMILES string of the molecule is O=C(Nc1ccc(O)cc1)NC(F)(F)F. The number of anilines is 1. The highest BCUT2D eigenvalue weighted by Gasteiger charge is 2.29. The standard InChI is InChI=1S/C8H7F3N2O2/c9-8(10,11)13-7(15)12-5-1-3-6(14)4-2-5/h1-4,14H,(H2,12,13,15). The quantitative estimate of drug-likeness (QED) is 0.501. The van der Waals surface area contributed by atoms with Crippen molar-refractivity contribution in [2.24, 2.45) is 0 Å². The lowest BCUT2D eigenvalue weighted by Gasteiger charge is -2.09. The Morgan fingerprint density at radius 3 is 2.20 bits per heavy atom. The van der Waals surface area contributed by atoms with Gasteiger partial charge in [-0.1, -0.05) is 0 Å². The molecule has 0 spiro atoms. The average molecular weight is 220 g/mol. The van der Waals surface area contributed by atoms with Crippen molar-refractivity contribution >= 4 is 11.7 Å². The maximum atomic E-state index is 11.7. The molecule has 1 aromatic carbocycles. The molecule has 82 valence electrons. The molecule has 15 heavy (non-hydrogen) atoms. The molecule has 0 aromatic heterocycles. The number of amides is 2. The molecule has 0 aliphatic heterocycles. The first-order valence-electron chi connectivity index (χ1n) is 3.82. The second-order valence-corrected chi connectivity index (χ2v) is 2.62. The van der Waals surface area contributed by atoms with Crippen LogP contribution in [0.2, 0.25) is 0 Å². The van der Waals surface area contributed by atoms with Gasteiger partial charge in [-0.25, -0.2) is 10.1 Å². The van der Waals surface area contributed by atoms with Crippen molar-refractivity contribution in [2.45, 2.75) is 6.30 Å². The number of nitrogens with one attached hydrogen (secondary N) is 2. The zero-order valence-corrected chi connectivity index (χ0v) is 7.30. The number of alkyl halides is 3. The lowest BCUT2D eigenvalue weighted by molar-refractivity contribution is -0.144. The lowest BCUT2D eigenvalue weighted by atomic mass is 10.3. The van der Waals surface area contributed by atoms with Gasteiger partial charge in [0.15, 0.2) is 0 Å². The summed E-state index contributed by atoms with van der Waals surface area (Å²) in [6.45, 7) is 0. The van der Waals surface area contributed by atoms with Crippen LogP contribution >= 0.6 is 0 Å². The van der Waals surface area contributed by atoms with E-state index in [0.717, 1.165) is 5.32 Å². The van der Waals surface area contributed by atoms with Crippen LogP contribution in [-0.4, -0.2) is 17.4 Å². The minimum atomic E-state index is -4.76. The van der Waals surface area contributed by atoms with E-state index in [0.29, 0.717) is 0 Å². The van der Waals surface area contributed by atoms with Gasteiger partial charge in [-0.2, -0.15) is 13.2 Å². The molecule has 0 radical (unpaired) electrons. The Balaban J connectivity index is 2.55. The number of rotatable bonds is 1. The van der Waals surface area contributed by atoms with Crippen molar-refractivity contribution < 1.29 is 23.1 Å². The molecule has 0 fully saturated rings. The van der Waals surface area contributed by atoms with Crippen LogP contribution in [0.1, 0.15) is 0 Å². The summed E-state index contributed by atoms with van der Waals surface area (Å²) in [7, 11) is 0. The summed E-state index contributed by atoms with van der Waals surface area (Å²) in [6.07, 6.45) is -4.76. The van der Waals surface area contributed by atoms with E-state index >= 15 is 0 Å². The third kappa shape index (κ3) is 4.21. The molecule has 0 aliphatic rings. The maximum absolute atomic E-state index is 11.7. The van der Waals surface area contributed by atoms with Crippen LogP contribution in [0.3, 0.4) is 0 Å². The zero-order valence-electron chi connectivity index (χ0n) is 7.30. The Hall–Kier alpha value is -1.92. The van der Waals surface area contributed by atoms with Gasteiger partial charge in [0.2, 0.25) is 0 Å². The topological polar surface area (TPSA) is 61.4 Å². The molecule has 0 aliphatic carbocycles. The molecule has 0 atom stereocenters. The first kappa shape index (κ1) is 11.2. The van der Waals surface area contributed by atoms with E-state index in [1.165, 1.54) is 24.3 Å². The van der Waals surface area contributed by atoms with Gasteiger partial charge in [-0.05, 0) is 24.3 Å². The van der Waals surface area contributed by atoms with E-state index in [1.54, 1.807) is 0 Å². The molecule has 4 nitrogen and oxygen atoms in total. The van der Waals surface area contributed by atoms with Crippen molar-refractivity contribution in [1.29, 1.82) is 0 Å². The van der Waals surface area contributed by atoms with Crippen molar-refractivity contribution in [2.75, 3.05) is 5.32 Å². The fraction of sp³-hybridized carbons (Fsp3) is 0.125. The number of benzene rings is 1. The predicted octanol–water partition coefficient (Wildman–Crippen LogP) is 2.03. The minimum absolute atomic E-state index is 0.0446. The van der Waals surface area contributed by atoms with Gasteiger partial charge >= 0.3 is 12.3 Å². The highest BCUT2D eigenvalue weighted by molar-refractivity contribution is 5.89. The van der Waals surface area contributed by atoms with Gasteiger partial charge in [0.05, 0.1) is 0 Å². The number of aromatic hydroxyl groups is 1. The van der Waals surface area contributed by atoms with Crippen LogP contribution in [-0.2, 0) is 0 Å². The van der Waals surface area contributed by atoms with Crippen molar-refractivity contribution in [3.63, 3.8) is 0 Å². The summed E-state index contributed by atoms with van der Waals surface area (Å²) in [4.78, 5) is 10.7. The van der Waals surface area contributed by atoms with Crippen LogP contribution < -0.4 is 10.6 Å². The summed E-state index contributed by atoms with van der Waals surface area (Å²) < 4.78 is 35.0. The van der Waals surface area contributed by atoms with Gasteiger partial charge in [0.25, 0.3) is 0 Å². The number of phenolic OH excluding ortho intramolecular Hbond substituents is 1. The molecule has 2 amide bonds. The Bertz CT molecular complexity index is 348.